The van der Waals surface area contributed by atoms with Gasteiger partial charge in [-0.05, 0) is 24.3 Å². The topological polar surface area (TPSA) is 66.4 Å². The van der Waals surface area contributed by atoms with Crippen molar-refractivity contribution in [1.82, 2.24) is 5.32 Å². The average molecular weight is 277 g/mol. The molecule has 0 unspecified atom stereocenters. The Morgan fingerprint density at radius 2 is 1.95 bits per heavy atom. The van der Waals surface area contributed by atoms with Crippen LogP contribution in [0.15, 0.2) is 24.3 Å². The van der Waals surface area contributed by atoms with Crippen molar-refractivity contribution < 1.29 is 14.7 Å². The van der Waals surface area contributed by atoms with Gasteiger partial charge in [-0.25, -0.2) is 4.79 Å². The molecular formula is C16H23NO3. The van der Waals surface area contributed by atoms with Gasteiger partial charge in [0, 0.05) is 6.42 Å². The first-order valence-corrected chi connectivity index (χ1v) is 6.78. The van der Waals surface area contributed by atoms with Crippen LogP contribution in [0, 0.1) is 12.3 Å². The molecule has 0 bridgehead atoms. The minimum absolute atomic E-state index is 0.228. The summed E-state index contributed by atoms with van der Waals surface area (Å²) < 4.78 is 0. The van der Waals surface area contributed by atoms with E-state index < -0.39 is 17.4 Å². The van der Waals surface area contributed by atoms with Gasteiger partial charge in [0.15, 0.2) is 0 Å². The Balaban J connectivity index is 2.57. The maximum atomic E-state index is 11.9. The lowest BCUT2D eigenvalue weighted by atomic mass is 9.86. The van der Waals surface area contributed by atoms with Gasteiger partial charge in [-0.15, -0.1) is 0 Å². The molecule has 0 saturated heterocycles. The predicted octanol–water partition coefficient (Wildman–Crippen LogP) is 2.54. The fourth-order valence-electron chi connectivity index (χ4n) is 2.01. The Kier molecular flexibility index (Phi) is 5.31. The van der Waals surface area contributed by atoms with Crippen LogP contribution in [0.3, 0.4) is 0 Å². The van der Waals surface area contributed by atoms with Crippen LogP contribution in [0.5, 0.6) is 0 Å². The van der Waals surface area contributed by atoms with Crippen molar-refractivity contribution in [3.8, 4) is 0 Å². The van der Waals surface area contributed by atoms with Crippen LogP contribution in [-0.2, 0) is 16.0 Å². The number of nitrogens with one attached hydrogen (secondary N) is 1. The zero-order valence-corrected chi connectivity index (χ0v) is 12.6. The molecule has 1 aromatic rings. The number of aliphatic carboxylic acids is 1. The second kappa shape index (κ2) is 6.55. The van der Waals surface area contributed by atoms with Gasteiger partial charge in [0.25, 0.3) is 0 Å². The average Bonchev–Trinajstić information content (AvgIpc) is 2.31. The fourth-order valence-corrected chi connectivity index (χ4v) is 2.01. The standard InChI is InChI=1S/C16H23NO3/c1-11-6-5-7-12(10-11)8-9-13(18)17-14(15(19)20)16(2,3)4/h5-7,10,14H,8-9H2,1-4H3,(H,17,18)(H,19,20)/t14-/m1/s1. The summed E-state index contributed by atoms with van der Waals surface area (Å²) in [5, 5.41) is 11.8. The van der Waals surface area contributed by atoms with E-state index in [1.54, 1.807) is 20.8 Å². The number of amides is 1. The summed E-state index contributed by atoms with van der Waals surface area (Å²) in [7, 11) is 0. The molecule has 1 amide bonds. The Morgan fingerprint density at radius 3 is 2.45 bits per heavy atom. The first-order chi connectivity index (χ1) is 9.20. The van der Waals surface area contributed by atoms with E-state index in [0.29, 0.717) is 12.8 Å². The van der Waals surface area contributed by atoms with Crippen molar-refractivity contribution in [2.24, 2.45) is 5.41 Å². The molecule has 2 N–H and O–H groups in total. The third-order valence-corrected chi connectivity index (χ3v) is 3.14. The largest absolute Gasteiger partial charge is 0.480 e. The Labute approximate surface area is 120 Å². The number of rotatable bonds is 5. The Hall–Kier alpha value is -1.84. The first kappa shape index (κ1) is 16.2. The summed E-state index contributed by atoms with van der Waals surface area (Å²) in [6, 6.07) is 7.10. The van der Waals surface area contributed by atoms with Gasteiger partial charge in [0.1, 0.15) is 6.04 Å². The second-order valence-corrected chi connectivity index (χ2v) is 6.19. The molecule has 1 aromatic carbocycles. The molecule has 0 spiro atoms. The zero-order chi connectivity index (χ0) is 15.3. The number of carboxylic acid groups (broad SMARTS) is 1. The van der Waals surface area contributed by atoms with Crippen molar-refractivity contribution >= 4 is 11.9 Å². The summed E-state index contributed by atoms with van der Waals surface area (Å²) in [5.41, 5.74) is 1.73. The lowest BCUT2D eigenvalue weighted by molar-refractivity contribution is -0.144. The number of hydrogen-bond donors (Lipinski definition) is 2. The van der Waals surface area contributed by atoms with Gasteiger partial charge < -0.3 is 10.4 Å². The van der Waals surface area contributed by atoms with Gasteiger partial charge in [-0.2, -0.15) is 0 Å². The molecule has 4 nitrogen and oxygen atoms in total. The van der Waals surface area contributed by atoms with Crippen molar-refractivity contribution in [2.45, 2.75) is 46.6 Å². The predicted molar refractivity (Wildman–Crippen MR) is 78.5 cm³/mol. The maximum Gasteiger partial charge on any atom is 0.326 e. The zero-order valence-electron chi connectivity index (χ0n) is 12.6. The van der Waals surface area contributed by atoms with E-state index in [2.05, 4.69) is 5.32 Å². The highest BCUT2D eigenvalue weighted by Gasteiger charge is 2.32. The van der Waals surface area contributed by atoms with E-state index in [1.165, 1.54) is 0 Å². The molecule has 0 radical (unpaired) electrons. The molecule has 0 aliphatic heterocycles. The van der Waals surface area contributed by atoms with Crippen molar-refractivity contribution in [1.29, 1.82) is 0 Å². The third kappa shape index (κ3) is 5.03. The molecule has 0 aromatic heterocycles. The SMILES string of the molecule is Cc1cccc(CCC(=O)N[C@H](C(=O)O)C(C)(C)C)c1. The summed E-state index contributed by atoms with van der Waals surface area (Å²) in [4.78, 5) is 23.1. The van der Waals surface area contributed by atoms with E-state index in [9.17, 15) is 9.59 Å². The molecule has 0 saturated carbocycles. The van der Waals surface area contributed by atoms with Gasteiger partial charge in [0.05, 0.1) is 0 Å². The quantitative estimate of drug-likeness (QED) is 0.869. The van der Waals surface area contributed by atoms with Gasteiger partial charge in [-0.1, -0.05) is 50.6 Å². The highest BCUT2D eigenvalue weighted by Crippen LogP contribution is 2.19. The third-order valence-electron chi connectivity index (χ3n) is 3.14. The number of benzene rings is 1. The molecule has 0 fully saturated rings. The Morgan fingerprint density at radius 1 is 1.30 bits per heavy atom. The number of carbonyl (C=O) groups is 2. The second-order valence-electron chi connectivity index (χ2n) is 6.19. The van der Waals surface area contributed by atoms with Crippen LogP contribution in [-0.4, -0.2) is 23.0 Å². The molecular weight excluding hydrogens is 254 g/mol. The molecule has 0 heterocycles. The fraction of sp³-hybridized carbons (Fsp3) is 0.500. The van der Waals surface area contributed by atoms with E-state index in [0.717, 1.165) is 11.1 Å². The van der Waals surface area contributed by atoms with Crippen LogP contribution in [0.1, 0.15) is 38.3 Å². The van der Waals surface area contributed by atoms with Crippen molar-refractivity contribution in [3.05, 3.63) is 35.4 Å². The van der Waals surface area contributed by atoms with Crippen LogP contribution in [0.25, 0.3) is 0 Å². The van der Waals surface area contributed by atoms with Crippen LogP contribution >= 0.6 is 0 Å². The lowest BCUT2D eigenvalue weighted by Crippen LogP contribution is -2.49. The van der Waals surface area contributed by atoms with E-state index >= 15 is 0 Å². The minimum atomic E-state index is -0.999. The summed E-state index contributed by atoms with van der Waals surface area (Å²) in [6.07, 6.45) is 0.910. The summed E-state index contributed by atoms with van der Waals surface area (Å²) in [6.45, 7) is 7.40. The van der Waals surface area contributed by atoms with Crippen LogP contribution in [0.4, 0.5) is 0 Å². The normalized spacial score (nSPS) is 12.8. The highest BCUT2D eigenvalue weighted by atomic mass is 16.4. The monoisotopic (exact) mass is 277 g/mol. The molecule has 110 valence electrons. The van der Waals surface area contributed by atoms with Gasteiger partial charge >= 0.3 is 5.97 Å². The van der Waals surface area contributed by atoms with E-state index in [-0.39, 0.29) is 5.91 Å². The Bertz CT molecular complexity index is 489. The lowest BCUT2D eigenvalue weighted by Gasteiger charge is -2.27. The smallest absolute Gasteiger partial charge is 0.326 e. The van der Waals surface area contributed by atoms with Crippen LogP contribution in [0.2, 0.25) is 0 Å². The molecule has 0 aliphatic rings. The van der Waals surface area contributed by atoms with E-state index in [4.69, 9.17) is 5.11 Å². The van der Waals surface area contributed by atoms with Gasteiger partial charge in [0.2, 0.25) is 5.91 Å². The van der Waals surface area contributed by atoms with E-state index in [1.807, 2.05) is 31.2 Å². The molecule has 1 rings (SSSR count). The summed E-state index contributed by atoms with van der Waals surface area (Å²) in [5.74, 6) is -1.23. The number of hydrogen-bond acceptors (Lipinski definition) is 2. The van der Waals surface area contributed by atoms with Crippen LogP contribution < -0.4 is 5.32 Å². The highest BCUT2D eigenvalue weighted by molar-refractivity contribution is 5.84. The number of carbonyl (C=O) groups excluding carboxylic acids is 1. The number of aryl methyl sites for hydroxylation is 2. The minimum Gasteiger partial charge on any atom is -0.480 e. The van der Waals surface area contributed by atoms with Crippen molar-refractivity contribution in [3.63, 3.8) is 0 Å². The molecule has 4 heteroatoms. The first-order valence-electron chi connectivity index (χ1n) is 6.78. The molecule has 20 heavy (non-hydrogen) atoms. The van der Waals surface area contributed by atoms with Crippen molar-refractivity contribution in [2.75, 3.05) is 0 Å². The molecule has 1 atom stereocenters. The van der Waals surface area contributed by atoms with Gasteiger partial charge in [-0.3, -0.25) is 4.79 Å². The number of carboxylic acids is 1. The summed E-state index contributed by atoms with van der Waals surface area (Å²) >= 11 is 0. The molecule has 0 aliphatic carbocycles. The maximum absolute atomic E-state index is 11.9.